The molecule has 0 spiro atoms. The quantitative estimate of drug-likeness (QED) is 0.653. The molecule has 0 bridgehead atoms. The van der Waals surface area contributed by atoms with E-state index < -0.39 is 24.3 Å². The van der Waals surface area contributed by atoms with Gasteiger partial charge in [-0.15, -0.1) is 0 Å². The monoisotopic (exact) mass is 389 g/mol. The fourth-order valence-corrected chi connectivity index (χ4v) is 2.63. The summed E-state index contributed by atoms with van der Waals surface area (Å²) in [7, 11) is 0. The van der Waals surface area contributed by atoms with Crippen LogP contribution in [0.5, 0.6) is 0 Å². The van der Waals surface area contributed by atoms with Crippen LogP contribution in [0.1, 0.15) is 5.69 Å². The standard InChI is InChI=1S/C18H13ClFN3O4/c19-13-7-10(20)5-6-14(13)21-16(24)9-27-17(25)8-15-11-3-1-2-4-12(11)18(26)23-22-15/h1-7H,8-9H2,(H,21,24)(H,23,26). The summed E-state index contributed by atoms with van der Waals surface area (Å²) in [5.74, 6) is -1.86. The molecule has 0 atom stereocenters. The van der Waals surface area contributed by atoms with Crippen LogP contribution in [0.2, 0.25) is 5.02 Å². The third-order valence-electron chi connectivity index (χ3n) is 3.66. The second-order valence-electron chi connectivity index (χ2n) is 5.55. The zero-order valence-corrected chi connectivity index (χ0v) is 14.5. The lowest BCUT2D eigenvalue weighted by Gasteiger charge is -2.08. The number of amides is 1. The number of H-pyrrole nitrogens is 1. The Kier molecular flexibility index (Phi) is 5.46. The molecule has 1 amide bonds. The molecule has 27 heavy (non-hydrogen) atoms. The number of benzene rings is 2. The van der Waals surface area contributed by atoms with Gasteiger partial charge in [-0.1, -0.05) is 29.8 Å². The van der Waals surface area contributed by atoms with E-state index in [9.17, 15) is 18.8 Å². The van der Waals surface area contributed by atoms with E-state index in [1.807, 2.05) is 0 Å². The first-order valence-corrected chi connectivity index (χ1v) is 8.18. The van der Waals surface area contributed by atoms with Crippen LogP contribution in [0.15, 0.2) is 47.3 Å². The maximum Gasteiger partial charge on any atom is 0.312 e. The first-order valence-electron chi connectivity index (χ1n) is 7.81. The molecular formula is C18H13ClFN3O4. The fraction of sp³-hybridized carbons (Fsp3) is 0.111. The van der Waals surface area contributed by atoms with E-state index in [0.717, 1.165) is 12.1 Å². The molecule has 0 aliphatic heterocycles. The molecular weight excluding hydrogens is 377 g/mol. The maximum atomic E-state index is 13.0. The van der Waals surface area contributed by atoms with Crippen molar-refractivity contribution in [1.29, 1.82) is 0 Å². The van der Waals surface area contributed by atoms with E-state index in [1.165, 1.54) is 6.07 Å². The Labute approximate surface area is 157 Å². The van der Waals surface area contributed by atoms with Crippen molar-refractivity contribution in [3.05, 3.63) is 69.4 Å². The highest BCUT2D eigenvalue weighted by Crippen LogP contribution is 2.22. The van der Waals surface area contributed by atoms with Crippen molar-refractivity contribution in [2.75, 3.05) is 11.9 Å². The van der Waals surface area contributed by atoms with Gasteiger partial charge < -0.3 is 10.1 Å². The van der Waals surface area contributed by atoms with Gasteiger partial charge in [0.25, 0.3) is 11.5 Å². The van der Waals surface area contributed by atoms with Crippen LogP contribution in [0.25, 0.3) is 10.8 Å². The Balaban J connectivity index is 1.61. The summed E-state index contributed by atoms with van der Waals surface area (Å²) in [4.78, 5) is 35.6. The van der Waals surface area contributed by atoms with Crippen molar-refractivity contribution in [3.8, 4) is 0 Å². The average molecular weight is 390 g/mol. The minimum atomic E-state index is -0.694. The molecule has 2 aromatic carbocycles. The first kappa shape index (κ1) is 18.5. The van der Waals surface area contributed by atoms with E-state index in [-0.39, 0.29) is 22.7 Å². The molecule has 0 saturated heterocycles. The number of carbonyl (C=O) groups is 2. The van der Waals surface area contributed by atoms with Crippen LogP contribution >= 0.6 is 11.6 Å². The van der Waals surface area contributed by atoms with Gasteiger partial charge in [0, 0.05) is 5.39 Å². The average Bonchev–Trinajstić information content (AvgIpc) is 2.65. The van der Waals surface area contributed by atoms with Crippen molar-refractivity contribution >= 4 is 39.9 Å². The van der Waals surface area contributed by atoms with Crippen LogP contribution in [0.3, 0.4) is 0 Å². The molecule has 0 fully saturated rings. The number of anilines is 1. The number of halogens is 2. The summed E-state index contributed by atoms with van der Waals surface area (Å²) in [5.41, 5.74) is 0.169. The normalized spacial score (nSPS) is 10.6. The number of rotatable bonds is 5. The first-order chi connectivity index (χ1) is 12.9. The summed E-state index contributed by atoms with van der Waals surface area (Å²) in [6.45, 7) is -0.548. The van der Waals surface area contributed by atoms with Gasteiger partial charge in [0.1, 0.15) is 5.82 Å². The minimum Gasteiger partial charge on any atom is -0.455 e. The molecule has 7 nitrogen and oxygen atoms in total. The topological polar surface area (TPSA) is 101 Å². The molecule has 0 unspecified atom stereocenters. The molecule has 0 aliphatic carbocycles. The van der Waals surface area contributed by atoms with Gasteiger partial charge in [-0.05, 0) is 24.3 Å². The second-order valence-corrected chi connectivity index (χ2v) is 5.96. The van der Waals surface area contributed by atoms with Crippen LogP contribution in [0.4, 0.5) is 10.1 Å². The SMILES string of the molecule is O=C(COC(=O)Cc1n[nH]c(=O)c2ccccc12)Nc1ccc(F)cc1Cl. The maximum absolute atomic E-state index is 13.0. The Hall–Kier alpha value is -3.26. The van der Waals surface area contributed by atoms with Crippen molar-refractivity contribution in [2.24, 2.45) is 0 Å². The highest BCUT2D eigenvalue weighted by atomic mass is 35.5. The number of hydrogen-bond donors (Lipinski definition) is 2. The Morgan fingerprint density at radius 2 is 1.93 bits per heavy atom. The number of nitrogens with zero attached hydrogens (tertiary/aromatic N) is 1. The largest absolute Gasteiger partial charge is 0.455 e. The second kappa shape index (κ2) is 7.96. The molecule has 3 aromatic rings. The predicted molar refractivity (Wildman–Crippen MR) is 97.1 cm³/mol. The number of esters is 1. The molecule has 0 saturated carbocycles. The number of carbonyl (C=O) groups excluding carboxylic acids is 2. The molecule has 9 heteroatoms. The highest BCUT2D eigenvalue weighted by molar-refractivity contribution is 6.33. The number of hydrogen-bond acceptors (Lipinski definition) is 5. The number of aromatic amines is 1. The van der Waals surface area contributed by atoms with E-state index >= 15 is 0 Å². The Morgan fingerprint density at radius 3 is 2.67 bits per heavy atom. The van der Waals surface area contributed by atoms with Crippen LogP contribution < -0.4 is 10.9 Å². The number of fused-ring (bicyclic) bond motifs is 1. The van der Waals surface area contributed by atoms with E-state index in [0.29, 0.717) is 16.5 Å². The highest BCUT2D eigenvalue weighted by Gasteiger charge is 2.14. The third kappa shape index (κ3) is 4.48. The van der Waals surface area contributed by atoms with Crippen LogP contribution in [-0.2, 0) is 20.7 Å². The van der Waals surface area contributed by atoms with Gasteiger partial charge in [0.05, 0.1) is 28.2 Å². The summed E-state index contributed by atoms with van der Waals surface area (Å²) in [6, 6.07) is 10.2. The zero-order chi connectivity index (χ0) is 19.4. The smallest absolute Gasteiger partial charge is 0.312 e. The summed E-state index contributed by atoms with van der Waals surface area (Å²) >= 11 is 5.81. The molecule has 2 N–H and O–H groups in total. The lowest BCUT2D eigenvalue weighted by Crippen LogP contribution is -2.22. The van der Waals surface area contributed by atoms with Gasteiger partial charge in [0.15, 0.2) is 6.61 Å². The number of aromatic nitrogens is 2. The number of ether oxygens (including phenoxy) is 1. The van der Waals surface area contributed by atoms with Gasteiger partial charge in [-0.2, -0.15) is 5.10 Å². The van der Waals surface area contributed by atoms with E-state index in [4.69, 9.17) is 16.3 Å². The van der Waals surface area contributed by atoms with Gasteiger partial charge in [0.2, 0.25) is 0 Å². The van der Waals surface area contributed by atoms with Crippen molar-refractivity contribution in [3.63, 3.8) is 0 Å². The van der Waals surface area contributed by atoms with Gasteiger partial charge in [-0.3, -0.25) is 14.4 Å². The summed E-state index contributed by atoms with van der Waals surface area (Å²) in [6.07, 6.45) is -0.220. The summed E-state index contributed by atoms with van der Waals surface area (Å²) in [5, 5.41) is 9.56. The fourth-order valence-electron chi connectivity index (χ4n) is 2.42. The number of nitrogens with one attached hydrogen (secondary N) is 2. The molecule has 0 radical (unpaired) electrons. The lowest BCUT2D eigenvalue weighted by atomic mass is 10.1. The van der Waals surface area contributed by atoms with Gasteiger partial charge >= 0.3 is 5.97 Å². The van der Waals surface area contributed by atoms with E-state index in [1.54, 1.807) is 24.3 Å². The molecule has 138 valence electrons. The lowest BCUT2D eigenvalue weighted by molar-refractivity contribution is -0.146. The zero-order valence-electron chi connectivity index (χ0n) is 13.8. The minimum absolute atomic E-state index is 0.0265. The van der Waals surface area contributed by atoms with Crippen LogP contribution in [-0.4, -0.2) is 28.7 Å². The van der Waals surface area contributed by atoms with Crippen molar-refractivity contribution in [2.45, 2.75) is 6.42 Å². The molecule has 1 heterocycles. The predicted octanol–water partition coefficient (Wildman–Crippen LogP) is 2.44. The van der Waals surface area contributed by atoms with E-state index in [2.05, 4.69) is 15.5 Å². The van der Waals surface area contributed by atoms with Crippen molar-refractivity contribution < 1.29 is 18.7 Å². The molecule has 3 rings (SSSR count). The summed E-state index contributed by atoms with van der Waals surface area (Å²) < 4.78 is 17.9. The molecule has 1 aromatic heterocycles. The van der Waals surface area contributed by atoms with Crippen LogP contribution in [0, 0.1) is 5.82 Å². The third-order valence-corrected chi connectivity index (χ3v) is 3.97. The van der Waals surface area contributed by atoms with Crippen molar-refractivity contribution in [1.82, 2.24) is 10.2 Å². The Bertz CT molecular complexity index is 1080. The van der Waals surface area contributed by atoms with Gasteiger partial charge in [-0.25, -0.2) is 9.49 Å². The Morgan fingerprint density at radius 1 is 1.19 bits per heavy atom. The molecule has 0 aliphatic rings.